The predicted octanol–water partition coefficient (Wildman–Crippen LogP) is 2.21. The Kier molecular flexibility index (Phi) is 7.68. The van der Waals surface area contributed by atoms with Gasteiger partial charge in [0.1, 0.15) is 6.04 Å². The van der Waals surface area contributed by atoms with Gasteiger partial charge in [0.25, 0.3) is 0 Å². The van der Waals surface area contributed by atoms with Gasteiger partial charge in [-0.2, -0.15) is 0 Å². The molecule has 1 fully saturated rings. The standard InChI is InChI=1S/C20H34N2O5/c1-6-22(7-2)18(23)17(14(4)5)21-16-9-10-20(26-11-12-27-20)13-15(16)19(24)25-8-3/h14,17,21H,6-13H2,1-5H3/t17-/m0/s1. The van der Waals surface area contributed by atoms with Crippen molar-refractivity contribution >= 4 is 11.9 Å². The number of hydrogen-bond donors (Lipinski definition) is 1. The Morgan fingerprint density at radius 1 is 1.19 bits per heavy atom. The van der Waals surface area contributed by atoms with E-state index < -0.39 is 5.79 Å². The molecule has 27 heavy (non-hydrogen) atoms. The van der Waals surface area contributed by atoms with E-state index in [2.05, 4.69) is 5.32 Å². The molecule has 0 bridgehead atoms. The van der Waals surface area contributed by atoms with E-state index in [1.807, 2.05) is 32.6 Å². The van der Waals surface area contributed by atoms with E-state index >= 15 is 0 Å². The zero-order valence-electron chi connectivity index (χ0n) is 17.3. The lowest BCUT2D eigenvalue weighted by molar-refractivity contribution is -0.169. The fraction of sp³-hybridized carbons (Fsp3) is 0.800. The lowest BCUT2D eigenvalue weighted by Gasteiger charge is -2.36. The Balaban J connectivity index is 2.29. The maximum absolute atomic E-state index is 12.9. The molecule has 0 saturated carbocycles. The lowest BCUT2D eigenvalue weighted by atomic mass is 9.89. The molecule has 1 aliphatic heterocycles. The smallest absolute Gasteiger partial charge is 0.335 e. The van der Waals surface area contributed by atoms with E-state index in [4.69, 9.17) is 14.2 Å². The first-order valence-corrected chi connectivity index (χ1v) is 10.1. The first kappa shape index (κ1) is 21.7. The van der Waals surface area contributed by atoms with Crippen molar-refractivity contribution in [2.45, 2.75) is 65.7 Å². The van der Waals surface area contributed by atoms with Gasteiger partial charge in [-0.25, -0.2) is 4.79 Å². The van der Waals surface area contributed by atoms with E-state index in [0.29, 0.717) is 57.7 Å². The van der Waals surface area contributed by atoms with Crippen LogP contribution in [0.25, 0.3) is 0 Å². The van der Waals surface area contributed by atoms with Gasteiger partial charge < -0.3 is 24.4 Å². The maximum Gasteiger partial charge on any atom is 0.335 e. The van der Waals surface area contributed by atoms with Crippen LogP contribution >= 0.6 is 0 Å². The fourth-order valence-electron chi connectivity index (χ4n) is 3.68. The topological polar surface area (TPSA) is 77.1 Å². The molecular formula is C20H34N2O5. The van der Waals surface area contributed by atoms with Crippen LogP contribution in [0.3, 0.4) is 0 Å². The van der Waals surface area contributed by atoms with Crippen LogP contribution in [0.1, 0.15) is 53.9 Å². The number of esters is 1. The fourth-order valence-corrected chi connectivity index (χ4v) is 3.68. The summed E-state index contributed by atoms with van der Waals surface area (Å²) in [6.45, 7) is 12.5. The third kappa shape index (κ3) is 5.02. The van der Waals surface area contributed by atoms with Gasteiger partial charge in [0.05, 0.1) is 25.4 Å². The average Bonchev–Trinajstić information content (AvgIpc) is 3.09. The Bertz CT molecular complexity index is 563. The van der Waals surface area contributed by atoms with Crippen LogP contribution in [0.4, 0.5) is 0 Å². The van der Waals surface area contributed by atoms with Crippen molar-refractivity contribution in [1.82, 2.24) is 10.2 Å². The first-order valence-electron chi connectivity index (χ1n) is 10.1. The van der Waals surface area contributed by atoms with Crippen molar-refractivity contribution in [3.05, 3.63) is 11.3 Å². The van der Waals surface area contributed by atoms with Crippen LogP contribution in [-0.4, -0.2) is 61.5 Å². The summed E-state index contributed by atoms with van der Waals surface area (Å²) in [6.07, 6.45) is 1.59. The average molecular weight is 383 g/mol. The molecule has 1 aliphatic carbocycles. The number of nitrogens with one attached hydrogen (secondary N) is 1. The molecule has 1 spiro atoms. The molecule has 1 atom stereocenters. The predicted molar refractivity (Wildman–Crippen MR) is 102 cm³/mol. The van der Waals surface area contributed by atoms with Crippen molar-refractivity contribution in [2.75, 3.05) is 32.9 Å². The summed E-state index contributed by atoms with van der Waals surface area (Å²) in [4.78, 5) is 27.4. The molecule has 0 aromatic heterocycles. The summed E-state index contributed by atoms with van der Waals surface area (Å²) in [5, 5.41) is 3.38. The van der Waals surface area contributed by atoms with Crippen LogP contribution < -0.4 is 5.32 Å². The number of ether oxygens (including phenoxy) is 3. The van der Waals surface area contributed by atoms with Crippen molar-refractivity contribution in [3.8, 4) is 0 Å². The van der Waals surface area contributed by atoms with Crippen LogP contribution in [0.2, 0.25) is 0 Å². The summed E-state index contributed by atoms with van der Waals surface area (Å²) in [5.41, 5.74) is 1.31. The molecule has 2 aliphatic rings. The van der Waals surface area contributed by atoms with Crippen molar-refractivity contribution in [2.24, 2.45) is 5.92 Å². The van der Waals surface area contributed by atoms with E-state index in [-0.39, 0.29) is 23.8 Å². The Morgan fingerprint density at radius 3 is 2.33 bits per heavy atom. The number of rotatable bonds is 8. The number of likely N-dealkylation sites (N-methyl/N-ethyl adjacent to an activating group) is 1. The van der Waals surface area contributed by atoms with Crippen molar-refractivity contribution in [3.63, 3.8) is 0 Å². The molecule has 0 unspecified atom stereocenters. The van der Waals surface area contributed by atoms with Gasteiger partial charge in [0.2, 0.25) is 5.91 Å². The summed E-state index contributed by atoms with van der Waals surface area (Å²) in [5.74, 6) is -0.956. The third-order valence-electron chi connectivity index (χ3n) is 5.24. The molecule has 0 aromatic rings. The van der Waals surface area contributed by atoms with Gasteiger partial charge in [-0.3, -0.25) is 4.79 Å². The van der Waals surface area contributed by atoms with Gasteiger partial charge in [-0.15, -0.1) is 0 Å². The summed E-state index contributed by atoms with van der Waals surface area (Å²) >= 11 is 0. The summed E-state index contributed by atoms with van der Waals surface area (Å²) in [7, 11) is 0. The number of allylic oxidation sites excluding steroid dienone is 1. The molecule has 0 aromatic carbocycles. The number of carbonyl (C=O) groups excluding carboxylic acids is 2. The van der Waals surface area contributed by atoms with E-state index in [0.717, 1.165) is 5.70 Å². The minimum absolute atomic E-state index is 0.0550. The van der Waals surface area contributed by atoms with Gasteiger partial charge in [-0.05, 0) is 33.1 Å². The summed E-state index contributed by atoms with van der Waals surface area (Å²) < 4.78 is 16.9. The maximum atomic E-state index is 12.9. The highest BCUT2D eigenvalue weighted by atomic mass is 16.7. The molecule has 7 nitrogen and oxygen atoms in total. The van der Waals surface area contributed by atoms with E-state index in [1.165, 1.54) is 0 Å². The number of nitrogens with zero attached hydrogens (tertiary/aromatic N) is 1. The Labute approximate surface area is 162 Å². The Hall–Kier alpha value is -1.60. The van der Waals surface area contributed by atoms with Crippen LogP contribution in [0.15, 0.2) is 11.3 Å². The molecular weight excluding hydrogens is 348 g/mol. The second-order valence-corrected chi connectivity index (χ2v) is 7.34. The minimum atomic E-state index is -0.733. The second kappa shape index (κ2) is 9.55. The quantitative estimate of drug-likeness (QED) is 0.649. The molecule has 1 amide bonds. The van der Waals surface area contributed by atoms with Gasteiger partial charge in [0, 0.05) is 31.6 Å². The monoisotopic (exact) mass is 382 g/mol. The highest BCUT2D eigenvalue weighted by molar-refractivity contribution is 5.90. The van der Waals surface area contributed by atoms with E-state index in [1.54, 1.807) is 6.92 Å². The molecule has 1 heterocycles. The largest absolute Gasteiger partial charge is 0.463 e. The first-order chi connectivity index (χ1) is 12.9. The number of hydrogen-bond acceptors (Lipinski definition) is 6. The number of amides is 1. The molecule has 154 valence electrons. The van der Waals surface area contributed by atoms with Crippen molar-refractivity contribution in [1.29, 1.82) is 0 Å². The Morgan fingerprint density at radius 2 is 1.81 bits per heavy atom. The van der Waals surface area contributed by atoms with Crippen molar-refractivity contribution < 1.29 is 23.8 Å². The lowest BCUT2D eigenvalue weighted by Crippen LogP contribution is -2.50. The van der Waals surface area contributed by atoms with Gasteiger partial charge in [0.15, 0.2) is 5.79 Å². The normalized spacial score (nSPS) is 20.1. The molecule has 1 N–H and O–H groups in total. The van der Waals surface area contributed by atoms with Crippen LogP contribution in [-0.2, 0) is 23.8 Å². The zero-order chi connectivity index (χ0) is 20.0. The number of carbonyl (C=O) groups is 2. The highest BCUT2D eigenvalue weighted by Gasteiger charge is 2.43. The van der Waals surface area contributed by atoms with Gasteiger partial charge in [-0.1, -0.05) is 13.8 Å². The minimum Gasteiger partial charge on any atom is -0.463 e. The summed E-state index contributed by atoms with van der Waals surface area (Å²) in [6, 6.07) is -0.385. The molecule has 0 radical (unpaired) electrons. The van der Waals surface area contributed by atoms with Gasteiger partial charge >= 0.3 is 5.97 Å². The molecule has 1 saturated heterocycles. The van der Waals surface area contributed by atoms with Crippen LogP contribution in [0, 0.1) is 5.92 Å². The molecule has 7 heteroatoms. The highest BCUT2D eigenvalue weighted by Crippen LogP contribution is 2.38. The molecule has 2 rings (SSSR count). The second-order valence-electron chi connectivity index (χ2n) is 7.34. The third-order valence-corrected chi connectivity index (χ3v) is 5.24. The van der Waals surface area contributed by atoms with Crippen LogP contribution in [0.5, 0.6) is 0 Å². The zero-order valence-corrected chi connectivity index (χ0v) is 17.3. The van der Waals surface area contributed by atoms with E-state index in [9.17, 15) is 9.59 Å². The SMILES string of the molecule is CCOC(=O)C1=C(N[C@H](C(=O)N(CC)CC)C(C)C)CCC2(C1)OCCO2.